The Bertz CT molecular complexity index is 1020. The molecular formula is C21H26N6O2. The summed E-state index contributed by atoms with van der Waals surface area (Å²) in [5.41, 5.74) is 8.16. The van der Waals surface area contributed by atoms with Crippen molar-refractivity contribution in [3.8, 4) is 5.75 Å². The van der Waals surface area contributed by atoms with E-state index >= 15 is 0 Å². The number of ether oxygens (including phenoxy) is 1. The van der Waals surface area contributed by atoms with Gasteiger partial charge in [-0.05, 0) is 37.5 Å². The van der Waals surface area contributed by atoms with Gasteiger partial charge in [0.15, 0.2) is 0 Å². The molecule has 0 atom stereocenters. The van der Waals surface area contributed by atoms with E-state index in [-0.39, 0.29) is 5.91 Å². The zero-order chi connectivity index (χ0) is 20.4. The molecule has 2 aromatic heterocycles. The predicted molar refractivity (Wildman–Crippen MR) is 113 cm³/mol. The third-order valence-electron chi connectivity index (χ3n) is 5.87. The normalized spacial score (nSPS) is 16.0. The number of aryl methyl sites for hydroxylation is 1. The second kappa shape index (κ2) is 7.71. The fraction of sp³-hybridized carbons (Fsp3) is 0.381. The molecule has 0 unspecified atom stereocenters. The van der Waals surface area contributed by atoms with Gasteiger partial charge in [0.2, 0.25) is 5.91 Å². The average molecular weight is 394 g/mol. The first kappa shape index (κ1) is 19.2. The third-order valence-corrected chi connectivity index (χ3v) is 5.87. The average Bonchev–Trinajstić information content (AvgIpc) is 3.15. The summed E-state index contributed by atoms with van der Waals surface area (Å²) in [5, 5.41) is 4.05. The van der Waals surface area contributed by atoms with Gasteiger partial charge in [0.25, 0.3) is 0 Å². The van der Waals surface area contributed by atoms with Gasteiger partial charge < -0.3 is 25.7 Å². The number of anilines is 2. The molecular weight excluding hydrogens is 368 g/mol. The molecule has 1 fully saturated rings. The van der Waals surface area contributed by atoms with E-state index in [0.29, 0.717) is 43.9 Å². The molecule has 0 bridgehead atoms. The predicted octanol–water partition coefficient (Wildman–Crippen LogP) is 2.46. The topological polar surface area (TPSA) is 109 Å². The SMILES string of the molecule is COc1cccc(NC(=O)C2(CN)CCN(c3ncnc4[nH]cc(C)c34)CC2)c1. The Labute approximate surface area is 169 Å². The maximum Gasteiger partial charge on any atom is 0.232 e. The summed E-state index contributed by atoms with van der Waals surface area (Å²) in [5.74, 6) is 1.57. The van der Waals surface area contributed by atoms with Gasteiger partial charge in [-0.1, -0.05) is 6.07 Å². The number of aromatic nitrogens is 3. The minimum absolute atomic E-state index is 0.0430. The smallest absolute Gasteiger partial charge is 0.232 e. The Kier molecular flexibility index (Phi) is 5.10. The number of hydrogen-bond acceptors (Lipinski definition) is 6. The summed E-state index contributed by atoms with van der Waals surface area (Å²) in [7, 11) is 1.61. The number of aromatic amines is 1. The maximum atomic E-state index is 13.1. The number of carbonyl (C=O) groups excluding carboxylic acids is 1. The van der Waals surface area contributed by atoms with Gasteiger partial charge >= 0.3 is 0 Å². The van der Waals surface area contributed by atoms with Crippen molar-refractivity contribution >= 4 is 28.4 Å². The molecule has 8 nitrogen and oxygen atoms in total. The van der Waals surface area contributed by atoms with Crippen LogP contribution in [0.4, 0.5) is 11.5 Å². The lowest BCUT2D eigenvalue weighted by atomic mass is 9.77. The standard InChI is InChI=1S/C21H26N6O2/c1-14-11-23-18-17(14)19(25-13-24-18)27-8-6-21(12-22,7-9-27)20(28)26-15-4-3-5-16(10-15)29-2/h3-5,10-11,13H,6-9,12,22H2,1-2H3,(H,26,28)(H,23,24,25). The van der Waals surface area contributed by atoms with Gasteiger partial charge in [0.05, 0.1) is 17.9 Å². The Balaban J connectivity index is 1.51. The first-order valence-corrected chi connectivity index (χ1v) is 9.75. The summed E-state index contributed by atoms with van der Waals surface area (Å²) < 4.78 is 5.24. The fourth-order valence-electron chi connectivity index (χ4n) is 3.97. The molecule has 29 heavy (non-hydrogen) atoms. The summed E-state index contributed by atoms with van der Waals surface area (Å²) in [6, 6.07) is 7.36. The number of benzene rings is 1. The molecule has 1 aliphatic heterocycles. The number of nitrogens with one attached hydrogen (secondary N) is 2. The number of nitrogens with two attached hydrogens (primary N) is 1. The van der Waals surface area contributed by atoms with Gasteiger partial charge in [0, 0.05) is 37.6 Å². The first-order valence-electron chi connectivity index (χ1n) is 9.75. The Morgan fingerprint density at radius 1 is 1.34 bits per heavy atom. The van der Waals surface area contributed by atoms with E-state index in [9.17, 15) is 4.79 Å². The highest BCUT2D eigenvalue weighted by Crippen LogP contribution is 2.36. The minimum atomic E-state index is -0.598. The zero-order valence-electron chi connectivity index (χ0n) is 16.7. The molecule has 152 valence electrons. The van der Waals surface area contributed by atoms with Crippen molar-refractivity contribution in [2.75, 3.05) is 37.0 Å². The second-order valence-corrected chi connectivity index (χ2v) is 7.55. The van der Waals surface area contributed by atoms with Gasteiger partial charge in [-0.25, -0.2) is 9.97 Å². The van der Waals surface area contributed by atoms with Crippen LogP contribution in [0.2, 0.25) is 0 Å². The summed E-state index contributed by atoms with van der Waals surface area (Å²) in [6.45, 7) is 3.76. The molecule has 1 saturated heterocycles. The molecule has 0 radical (unpaired) electrons. The molecule has 0 saturated carbocycles. The van der Waals surface area contributed by atoms with E-state index in [1.807, 2.05) is 37.4 Å². The number of rotatable bonds is 5. The Hall–Kier alpha value is -3.13. The van der Waals surface area contributed by atoms with E-state index in [0.717, 1.165) is 22.4 Å². The number of H-pyrrole nitrogens is 1. The lowest BCUT2D eigenvalue weighted by Crippen LogP contribution is -2.50. The maximum absolute atomic E-state index is 13.1. The first-order chi connectivity index (χ1) is 14.1. The molecule has 0 spiro atoms. The van der Waals surface area contributed by atoms with E-state index in [1.165, 1.54) is 0 Å². The number of piperidine rings is 1. The van der Waals surface area contributed by atoms with E-state index in [1.54, 1.807) is 13.4 Å². The second-order valence-electron chi connectivity index (χ2n) is 7.55. The van der Waals surface area contributed by atoms with Crippen LogP contribution in [0.25, 0.3) is 11.0 Å². The molecule has 1 aromatic carbocycles. The molecule has 8 heteroatoms. The minimum Gasteiger partial charge on any atom is -0.497 e. The van der Waals surface area contributed by atoms with Crippen LogP contribution in [0.3, 0.4) is 0 Å². The lowest BCUT2D eigenvalue weighted by Gasteiger charge is -2.40. The molecule has 3 heterocycles. The highest BCUT2D eigenvalue weighted by atomic mass is 16.5. The molecule has 1 aliphatic rings. The monoisotopic (exact) mass is 394 g/mol. The van der Waals surface area contributed by atoms with Crippen LogP contribution in [0, 0.1) is 12.3 Å². The van der Waals surface area contributed by atoms with Crippen molar-refractivity contribution in [2.45, 2.75) is 19.8 Å². The van der Waals surface area contributed by atoms with Crippen LogP contribution in [0.5, 0.6) is 5.75 Å². The molecule has 0 aliphatic carbocycles. The highest BCUT2D eigenvalue weighted by Gasteiger charge is 2.41. The van der Waals surface area contributed by atoms with Gasteiger partial charge in [0.1, 0.15) is 23.5 Å². The summed E-state index contributed by atoms with van der Waals surface area (Å²) in [4.78, 5) is 27.3. The van der Waals surface area contributed by atoms with Crippen LogP contribution in [0.1, 0.15) is 18.4 Å². The third kappa shape index (κ3) is 3.51. The van der Waals surface area contributed by atoms with Crippen LogP contribution < -0.4 is 20.7 Å². The molecule has 1 amide bonds. The van der Waals surface area contributed by atoms with E-state index in [2.05, 4.69) is 25.2 Å². The van der Waals surface area contributed by atoms with Crippen molar-refractivity contribution in [3.63, 3.8) is 0 Å². The van der Waals surface area contributed by atoms with Crippen molar-refractivity contribution < 1.29 is 9.53 Å². The van der Waals surface area contributed by atoms with E-state index < -0.39 is 5.41 Å². The van der Waals surface area contributed by atoms with Crippen molar-refractivity contribution in [3.05, 3.63) is 42.4 Å². The number of amides is 1. The summed E-state index contributed by atoms with van der Waals surface area (Å²) in [6.07, 6.45) is 4.84. The summed E-state index contributed by atoms with van der Waals surface area (Å²) >= 11 is 0. The van der Waals surface area contributed by atoms with Crippen molar-refractivity contribution in [1.29, 1.82) is 0 Å². The van der Waals surface area contributed by atoms with Gasteiger partial charge in [-0.15, -0.1) is 0 Å². The van der Waals surface area contributed by atoms with Crippen LogP contribution in [0.15, 0.2) is 36.8 Å². The van der Waals surface area contributed by atoms with Crippen LogP contribution in [-0.4, -0.2) is 47.6 Å². The van der Waals surface area contributed by atoms with Gasteiger partial charge in [-0.2, -0.15) is 0 Å². The lowest BCUT2D eigenvalue weighted by molar-refractivity contribution is -0.126. The molecule has 3 aromatic rings. The molecule has 4 N–H and O–H groups in total. The highest BCUT2D eigenvalue weighted by molar-refractivity contribution is 5.96. The number of hydrogen-bond donors (Lipinski definition) is 3. The Morgan fingerprint density at radius 3 is 2.86 bits per heavy atom. The number of carbonyl (C=O) groups is 1. The number of fused-ring (bicyclic) bond motifs is 1. The number of methoxy groups -OCH3 is 1. The van der Waals surface area contributed by atoms with Crippen molar-refractivity contribution in [2.24, 2.45) is 11.1 Å². The zero-order valence-corrected chi connectivity index (χ0v) is 16.7. The fourth-order valence-corrected chi connectivity index (χ4v) is 3.97. The van der Waals surface area contributed by atoms with E-state index in [4.69, 9.17) is 10.5 Å². The van der Waals surface area contributed by atoms with Gasteiger partial charge in [-0.3, -0.25) is 4.79 Å². The van der Waals surface area contributed by atoms with Crippen LogP contribution in [-0.2, 0) is 4.79 Å². The van der Waals surface area contributed by atoms with Crippen LogP contribution >= 0.6 is 0 Å². The molecule has 4 rings (SSSR count). The quantitative estimate of drug-likeness (QED) is 0.613. The Morgan fingerprint density at radius 2 is 2.14 bits per heavy atom. The van der Waals surface area contributed by atoms with Crippen molar-refractivity contribution in [1.82, 2.24) is 15.0 Å². The largest absolute Gasteiger partial charge is 0.497 e. The number of nitrogens with zero attached hydrogens (tertiary/aromatic N) is 3.